The monoisotopic (exact) mass is 214 g/mol. The lowest BCUT2D eigenvalue weighted by atomic mass is 10.0. The van der Waals surface area contributed by atoms with Gasteiger partial charge in [0.1, 0.15) is 0 Å². The molecule has 0 aromatic carbocycles. The second kappa shape index (κ2) is 7.20. The molecule has 15 heavy (non-hydrogen) atoms. The van der Waals surface area contributed by atoms with Gasteiger partial charge in [-0.2, -0.15) is 0 Å². The van der Waals surface area contributed by atoms with Gasteiger partial charge in [-0.25, -0.2) is 0 Å². The van der Waals surface area contributed by atoms with Gasteiger partial charge in [-0.05, 0) is 39.3 Å². The number of rotatable bonds is 6. The highest BCUT2D eigenvalue weighted by Crippen LogP contribution is 2.09. The summed E-state index contributed by atoms with van der Waals surface area (Å²) in [4.78, 5) is 2.38. The van der Waals surface area contributed by atoms with Gasteiger partial charge in [0.2, 0.25) is 0 Å². The van der Waals surface area contributed by atoms with E-state index < -0.39 is 0 Å². The van der Waals surface area contributed by atoms with Crippen molar-refractivity contribution in [3.05, 3.63) is 0 Å². The van der Waals surface area contributed by atoms with Crippen LogP contribution in [0.5, 0.6) is 0 Å². The average molecular weight is 214 g/mol. The number of nitrogens with zero attached hydrogens (tertiary/aromatic N) is 1. The second-order valence-electron chi connectivity index (χ2n) is 4.76. The molecule has 2 atom stereocenters. The summed E-state index contributed by atoms with van der Waals surface area (Å²) >= 11 is 0. The molecule has 2 unspecified atom stereocenters. The summed E-state index contributed by atoms with van der Waals surface area (Å²) in [5.74, 6) is 0. The van der Waals surface area contributed by atoms with Gasteiger partial charge in [0, 0.05) is 19.1 Å². The lowest BCUT2D eigenvalue weighted by Gasteiger charge is -2.31. The molecule has 3 heteroatoms. The maximum absolute atomic E-state index is 9.42. The fourth-order valence-corrected chi connectivity index (χ4v) is 2.34. The number of hydrogen-bond donors (Lipinski definition) is 2. The minimum Gasteiger partial charge on any atom is -0.392 e. The van der Waals surface area contributed by atoms with E-state index in [-0.39, 0.29) is 6.10 Å². The molecule has 1 rings (SSSR count). The molecule has 1 aliphatic heterocycles. The van der Waals surface area contributed by atoms with Crippen LogP contribution in [0.15, 0.2) is 0 Å². The number of hydrogen-bond acceptors (Lipinski definition) is 3. The highest BCUT2D eigenvalue weighted by molar-refractivity contribution is 4.76. The predicted molar refractivity (Wildman–Crippen MR) is 64.1 cm³/mol. The second-order valence-corrected chi connectivity index (χ2v) is 4.76. The van der Waals surface area contributed by atoms with Gasteiger partial charge >= 0.3 is 0 Å². The third-order valence-corrected chi connectivity index (χ3v) is 2.95. The Kier molecular flexibility index (Phi) is 6.22. The fraction of sp³-hybridized carbons (Fsp3) is 1.00. The Morgan fingerprint density at radius 2 is 2.27 bits per heavy atom. The van der Waals surface area contributed by atoms with Crippen LogP contribution in [0.25, 0.3) is 0 Å². The first-order chi connectivity index (χ1) is 7.22. The molecular weight excluding hydrogens is 188 g/mol. The van der Waals surface area contributed by atoms with Crippen LogP contribution in [-0.2, 0) is 0 Å². The summed E-state index contributed by atoms with van der Waals surface area (Å²) in [6.07, 6.45) is 4.92. The van der Waals surface area contributed by atoms with Crippen molar-refractivity contribution in [3.8, 4) is 0 Å². The van der Waals surface area contributed by atoms with Crippen LogP contribution in [0.2, 0.25) is 0 Å². The van der Waals surface area contributed by atoms with E-state index in [1.54, 1.807) is 0 Å². The van der Waals surface area contributed by atoms with Crippen LogP contribution in [-0.4, -0.2) is 48.3 Å². The van der Waals surface area contributed by atoms with E-state index in [1.807, 2.05) is 6.92 Å². The summed E-state index contributed by atoms with van der Waals surface area (Å²) < 4.78 is 0. The zero-order valence-corrected chi connectivity index (χ0v) is 10.2. The molecule has 0 aromatic rings. The van der Waals surface area contributed by atoms with Crippen molar-refractivity contribution in [2.45, 2.75) is 51.7 Å². The third kappa shape index (κ3) is 5.50. The van der Waals surface area contributed by atoms with Crippen molar-refractivity contribution >= 4 is 0 Å². The molecule has 1 saturated heterocycles. The first-order valence-corrected chi connectivity index (χ1v) is 6.36. The molecule has 0 aliphatic carbocycles. The van der Waals surface area contributed by atoms with Crippen LogP contribution in [0.3, 0.4) is 0 Å². The van der Waals surface area contributed by atoms with E-state index in [1.165, 1.54) is 32.2 Å². The van der Waals surface area contributed by atoms with E-state index in [9.17, 15) is 5.11 Å². The standard InChI is InChI=1S/C12H26N2O/c1-3-8-14(9-11(2)15)10-12-6-4-5-7-13-12/h11-13,15H,3-10H2,1-2H3. The summed E-state index contributed by atoms with van der Waals surface area (Å²) in [6.45, 7) is 8.24. The first kappa shape index (κ1) is 12.9. The van der Waals surface area contributed by atoms with Gasteiger partial charge in [0.05, 0.1) is 6.10 Å². The summed E-state index contributed by atoms with van der Waals surface area (Å²) in [5.41, 5.74) is 0. The Labute approximate surface area is 93.9 Å². The molecule has 0 saturated carbocycles. The fourth-order valence-electron chi connectivity index (χ4n) is 2.34. The van der Waals surface area contributed by atoms with Crippen molar-refractivity contribution in [2.24, 2.45) is 0 Å². The highest BCUT2D eigenvalue weighted by Gasteiger charge is 2.16. The Morgan fingerprint density at radius 1 is 1.47 bits per heavy atom. The molecule has 2 N–H and O–H groups in total. The molecule has 3 nitrogen and oxygen atoms in total. The molecule has 90 valence electrons. The highest BCUT2D eigenvalue weighted by atomic mass is 16.3. The van der Waals surface area contributed by atoms with E-state index in [2.05, 4.69) is 17.1 Å². The lowest BCUT2D eigenvalue weighted by molar-refractivity contribution is 0.116. The Balaban J connectivity index is 2.28. The van der Waals surface area contributed by atoms with Crippen LogP contribution in [0.1, 0.15) is 39.5 Å². The largest absolute Gasteiger partial charge is 0.392 e. The topological polar surface area (TPSA) is 35.5 Å². The van der Waals surface area contributed by atoms with E-state index in [4.69, 9.17) is 0 Å². The molecule has 1 aliphatic rings. The summed E-state index contributed by atoms with van der Waals surface area (Å²) in [6, 6.07) is 0.643. The van der Waals surface area contributed by atoms with Crippen LogP contribution >= 0.6 is 0 Å². The van der Waals surface area contributed by atoms with Crippen molar-refractivity contribution in [1.29, 1.82) is 0 Å². The van der Waals surface area contributed by atoms with Gasteiger partial charge in [-0.3, -0.25) is 4.90 Å². The molecule has 1 fully saturated rings. The molecule has 0 radical (unpaired) electrons. The number of aliphatic hydroxyl groups excluding tert-OH is 1. The zero-order chi connectivity index (χ0) is 11.1. The van der Waals surface area contributed by atoms with Crippen LogP contribution in [0, 0.1) is 0 Å². The number of nitrogens with one attached hydrogen (secondary N) is 1. The van der Waals surface area contributed by atoms with Crippen molar-refractivity contribution in [2.75, 3.05) is 26.2 Å². The van der Waals surface area contributed by atoms with Crippen LogP contribution in [0.4, 0.5) is 0 Å². The lowest BCUT2D eigenvalue weighted by Crippen LogP contribution is -2.45. The van der Waals surface area contributed by atoms with E-state index in [0.717, 1.165) is 19.6 Å². The quantitative estimate of drug-likeness (QED) is 0.698. The normalized spacial score (nSPS) is 24.4. The first-order valence-electron chi connectivity index (χ1n) is 6.36. The van der Waals surface area contributed by atoms with Gasteiger partial charge < -0.3 is 10.4 Å². The van der Waals surface area contributed by atoms with Gasteiger partial charge in [0.15, 0.2) is 0 Å². The molecular formula is C12H26N2O. The Bertz CT molecular complexity index is 156. The minimum absolute atomic E-state index is 0.208. The average Bonchev–Trinajstić information content (AvgIpc) is 2.18. The molecule has 1 heterocycles. The molecule has 0 amide bonds. The Hall–Kier alpha value is -0.120. The van der Waals surface area contributed by atoms with Gasteiger partial charge in [-0.15, -0.1) is 0 Å². The molecule has 0 bridgehead atoms. The number of aliphatic hydroxyl groups is 1. The molecule has 0 aromatic heterocycles. The maximum atomic E-state index is 9.42. The third-order valence-electron chi connectivity index (χ3n) is 2.95. The minimum atomic E-state index is -0.208. The summed E-state index contributed by atoms with van der Waals surface area (Å²) in [5, 5.41) is 13.0. The SMILES string of the molecule is CCCN(CC(C)O)CC1CCCCN1. The van der Waals surface area contributed by atoms with Gasteiger partial charge in [0.25, 0.3) is 0 Å². The van der Waals surface area contributed by atoms with E-state index >= 15 is 0 Å². The predicted octanol–water partition coefficient (Wildman–Crippen LogP) is 1.22. The molecule has 0 spiro atoms. The smallest absolute Gasteiger partial charge is 0.0639 e. The van der Waals surface area contributed by atoms with Crippen molar-refractivity contribution in [3.63, 3.8) is 0 Å². The zero-order valence-electron chi connectivity index (χ0n) is 10.2. The van der Waals surface area contributed by atoms with E-state index in [0.29, 0.717) is 6.04 Å². The Morgan fingerprint density at radius 3 is 2.80 bits per heavy atom. The van der Waals surface area contributed by atoms with Crippen molar-refractivity contribution in [1.82, 2.24) is 10.2 Å². The maximum Gasteiger partial charge on any atom is 0.0639 e. The van der Waals surface area contributed by atoms with Crippen LogP contribution < -0.4 is 5.32 Å². The van der Waals surface area contributed by atoms with Gasteiger partial charge in [-0.1, -0.05) is 13.3 Å². The number of piperidine rings is 1. The van der Waals surface area contributed by atoms with Crippen molar-refractivity contribution < 1.29 is 5.11 Å². The summed E-state index contributed by atoms with van der Waals surface area (Å²) in [7, 11) is 0.